The lowest BCUT2D eigenvalue weighted by Crippen LogP contribution is -2.13. The van der Waals surface area contributed by atoms with Crippen LogP contribution in [0.1, 0.15) is 0 Å². The first kappa shape index (κ1) is 25.6. The highest BCUT2D eigenvalue weighted by atomic mass is 32.2. The summed E-state index contributed by atoms with van der Waals surface area (Å²) in [6, 6.07) is 27.0. The van der Waals surface area contributed by atoms with E-state index < -0.39 is 0 Å². The van der Waals surface area contributed by atoms with E-state index in [9.17, 15) is 9.59 Å². The van der Waals surface area contributed by atoms with Crippen molar-refractivity contribution < 1.29 is 14.0 Å². The van der Waals surface area contributed by atoms with Crippen LogP contribution in [0.25, 0.3) is 43.2 Å². The number of aromatic amines is 1. The van der Waals surface area contributed by atoms with E-state index in [-0.39, 0.29) is 23.3 Å². The average Bonchev–Trinajstić information content (AvgIpc) is 3.68. The number of amides is 2. The summed E-state index contributed by atoms with van der Waals surface area (Å²) in [6.07, 6.45) is 0. The molecule has 3 aromatic heterocycles. The molecule has 0 bridgehead atoms. The molecule has 4 aromatic carbocycles. The third kappa shape index (κ3) is 5.51. The Kier molecular flexibility index (Phi) is 6.83. The van der Waals surface area contributed by atoms with Crippen LogP contribution in [0.2, 0.25) is 0 Å². The number of carbonyl (C=O) groups is 2. The second-order valence-electron chi connectivity index (χ2n) is 9.20. The van der Waals surface area contributed by atoms with Gasteiger partial charge in [-0.3, -0.25) is 9.59 Å². The third-order valence-electron chi connectivity index (χ3n) is 6.35. The van der Waals surface area contributed by atoms with Crippen LogP contribution in [0, 0.1) is 0 Å². The quantitative estimate of drug-likeness (QED) is 0.156. The molecular formula is C30H21N5O3S3. The summed E-state index contributed by atoms with van der Waals surface area (Å²) in [7, 11) is 0. The van der Waals surface area contributed by atoms with E-state index >= 15 is 0 Å². The maximum absolute atomic E-state index is 12.7. The predicted molar refractivity (Wildman–Crippen MR) is 168 cm³/mol. The minimum absolute atomic E-state index is 0.119. The molecule has 0 aliphatic rings. The van der Waals surface area contributed by atoms with E-state index in [1.54, 1.807) is 0 Å². The molecule has 0 fully saturated rings. The first-order valence-corrected chi connectivity index (χ1v) is 15.5. The summed E-state index contributed by atoms with van der Waals surface area (Å²) in [6.45, 7) is 0. The number of imidazole rings is 1. The summed E-state index contributed by atoms with van der Waals surface area (Å²) in [4.78, 5) is 37.5. The Bertz CT molecular complexity index is 2050. The molecule has 0 aliphatic heterocycles. The number of benzene rings is 4. The molecule has 0 saturated carbocycles. The normalized spacial score (nSPS) is 11.5. The molecular weight excluding hydrogens is 575 g/mol. The van der Waals surface area contributed by atoms with Crippen LogP contribution in [0.5, 0.6) is 0 Å². The molecule has 0 saturated heterocycles. The van der Waals surface area contributed by atoms with Crippen molar-refractivity contribution in [1.29, 1.82) is 0 Å². The van der Waals surface area contributed by atoms with Gasteiger partial charge >= 0.3 is 0 Å². The van der Waals surface area contributed by atoms with Gasteiger partial charge in [-0.1, -0.05) is 53.9 Å². The first-order chi connectivity index (χ1) is 20.1. The maximum Gasteiger partial charge on any atom is 0.234 e. The van der Waals surface area contributed by atoms with Crippen molar-refractivity contribution in [3.63, 3.8) is 0 Å². The second kappa shape index (κ2) is 10.9. The highest BCUT2D eigenvalue weighted by Gasteiger charge is 2.12. The number of nitrogens with one attached hydrogen (secondary N) is 3. The van der Waals surface area contributed by atoms with Crippen LogP contribution in [0.15, 0.2) is 98.8 Å². The van der Waals surface area contributed by atoms with E-state index in [1.807, 2.05) is 84.9 Å². The Morgan fingerprint density at radius 2 is 1.49 bits per heavy atom. The van der Waals surface area contributed by atoms with Gasteiger partial charge in [-0.25, -0.2) is 9.97 Å². The number of hydrogen-bond acceptors (Lipinski definition) is 8. The molecule has 7 rings (SSSR count). The predicted octanol–water partition coefficient (Wildman–Crippen LogP) is 7.53. The molecule has 3 N–H and O–H groups in total. The molecule has 7 aromatic rings. The summed E-state index contributed by atoms with van der Waals surface area (Å²) < 4.78 is 7.64. The van der Waals surface area contributed by atoms with Crippen LogP contribution >= 0.6 is 34.9 Å². The molecule has 0 radical (unpaired) electrons. The van der Waals surface area contributed by atoms with Crippen LogP contribution in [-0.4, -0.2) is 38.3 Å². The zero-order valence-corrected chi connectivity index (χ0v) is 23.8. The zero-order chi connectivity index (χ0) is 27.8. The van der Waals surface area contributed by atoms with Crippen LogP contribution in [-0.2, 0) is 9.59 Å². The molecule has 0 unspecified atom stereocenters. The van der Waals surface area contributed by atoms with E-state index in [1.165, 1.54) is 34.9 Å². The van der Waals surface area contributed by atoms with Crippen molar-refractivity contribution in [3.8, 4) is 0 Å². The second-order valence-corrected chi connectivity index (χ2v) is 12.4. The van der Waals surface area contributed by atoms with Crippen molar-refractivity contribution in [2.75, 3.05) is 22.1 Å². The zero-order valence-electron chi connectivity index (χ0n) is 21.3. The fourth-order valence-corrected chi connectivity index (χ4v) is 7.09. The minimum Gasteiger partial charge on any atom is -0.456 e. The molecule has 0 atom stereocenters. The van der Waals surface area contributed by atoms with Gasteiger partial charge in [0.1, 0.15) is 11.2 Å². The Morgan fingerprint density at radius 3 is 2.37 bits per heavy atom. The van der Waals surface area contributed by atoms with Crippen LogP contribution in [0.3, 0.4) is 0 Å². The van der Waals surface area contributed by atoms with Gasteiger partial charge in [-0.15, -0.1) is 11.3 Å². The fourth-order valence-electron chi connectivity index (χ4n) is 4.50. The number of hydrogen-bond donors (Lipinski definition) is 3. The summed E-state index contributed by atoms with van der Waals surface area (Å²) >= 11 is 4.23. The highest BCUT2D eigenvalue weighted by Crippen LogP contribution is 2.33. The number of thioether (sulfide) groups is 2. The summed E-state index contributed by atoms with van der Waals surface area (Å²) in [5.41, 5.74) is 5.59. The smallest absolute Gasteiger partial charge is 0.234 e. The van der Waals surface area contributed by atoms with Crippen molar-refractivity contribution in [1.82, 2.24) is 15.0 Å². The Labute approximate surface area is 245 Å². The van der Waals surface area contributed by atoms with E-state index in [2.05, 4.69) is 25.6 Å². The lowest BCUT2D eigenvalue weighted by atomic mass is 10.1. The van der Waals surface area contributed by atoms with Crippen LogP contribution in [0.4, 0.5) is 11.4 Å². The van der Waals surface area contributed by atoms with Gasteiger partial charge < -0.3 is 20.0 Å². The molecule has 2 amide bonds. The van der Waals surface area contributed by atoms with Crippen molar-refractivity contribution >= 4 is 101 Å². The number of aromatic nitrogens is 3. The number of rotatable bonds is 8. The van der Waals surface area contributed by atoms with Crippen LogP contribution < -0.4 is 10.6 Å². The number of carbonyl (C=O) groups excluding carboxylic acids is 2. The highest BCUT2D eigenvalue weighted by molar-refractivity contribution is 8.01. The molecule has 3 heterocycles. The molecule has 202 valence electrons. The number of furan rings is 1. The number of thiazole rings is 1. The topological polar surface area (TPSA) is 113 Å². The van der Waals surface area contributed by atoms with Gasteiger partial charge in [0, 0.05) is 28.2 Å². The Hall–Kier alpha value is -4.32. The van der Waals surface area contributed by atoms with Gasteiger partial charge in [0.2, 0.25) is 11.8 Å². The van der Waals surface area contributed by atoms with E-state index in [0.717, 1.165) is 47.5 Å². The van der Waals surface area contributed by atoms with E-state index in [0.29, 0.717) is 16.5 Å². The first-order valence-electron chi connectivity index (χ1n) is 12.7. The van der Waals surface area contributed by atoms with Crippen molar-refractivity contribution in [2.45, 2.75) is 9.50 Å². The number of nitrogens with zero attached hydrogens (tertiary/aromatic N) is 2. The molecule has 41 heavy (non-hydrogen) atoms. The van der Waals surface area contributed by atoms with Crippen molar-refractivity contribution in [3.05, 3.63) is 84.9 Å². The molecule has 11 heteroatoms. The lowest BCUT2D eigenvalue weighted by molar-refractivity contribution is -0.114. The number of para-hydroxylation sites is 3. The molecule has 8 nitrogen and oxygen atoms in total. The Morgan fingerprint density at radius 1 is 0.756 bits per heavy atom. The minimum atomic E-state index is -0.125. The number of anilines is 2. The van der Waals surface area contributed by atoms with Gasteiger partial charge in [0.15, 0.2) is 9.50 Å². The SMILES string of the molecule is O=C(CSc1nc2ccccc2[nH]1)Nc1ccc2nc(SCC(=O)Nc3ccc4c(c3)oc3ccccc34)sc2c1. The lowest BCUT2D eigenvalue weighted by Gasteiger charge is -2.04. The maximum atomic E-state index is 12.7. The molecule has 0 aliphatic carbocycles. The molecule has 0 spiro atoms. The fraction of sp³-hybridized carbons (Fsp3) is 0.0667. The average molecular weight is 596 g/mol. The van der Waals surface area contributed by atoms with Gasteiger partial charge in [-0.05, 0) is 48.5 Å². The standard InChI is InChI=1S/C30H21N5O3S3/c36-27(15-39-29-33-21-6-2-3-7-22(21)34-29)32-18-10-12-23-26(14-18)41-30(35-23)40-16-28(37)31-17-9-11-20-19-5-1-4-8-24(19)38-25(20)13-17/h1-14H,15-16H2,(H,31,37)(H,32,36)(H,33,34). The van der Waals surface area contributed by atoms with Gasteiger partial charge in [-0.2, -0.15) is 0 Å². The van der Waals surface area contributed by atoms with Gasteiger partial charge in [0.05, 0.1) is 32.8 Å². The number of fused-ring (bicyclic) bond motifs is 5. The largest absolute Gasteiger partial charge is 0.456 e. The number of H-pyrrole nitrogens is 1. The third-order valence-corrected chi connectivity index (χ3v) is 9.38. The summed E-state index contributed by atoms with van der Waals surface area (Å²) in [5.74, 6) is 0.215. The van der Waals surface area contributed by atoms with E-state index in [4.69, 9.17) is 4.42 Å². The van der Waals surface area contributed by atoms with Gasteiger partial charge in [0.25, 0.3) is 0 Å². The van der Waals surface area contributed by atoms with Crippen molar-refractivity contribution in [2.24, 2.45) is 0 Å². The summed E-state index contributed by atoms with van der Waals surface area (Å²) in [5, 5.41) is 8.67. The Balaban J connectivity index is 0.945. The monoisotopic (exact) mass is 595 g/mol.